The van der Waals surface area contributed by atoms with Gasteiger partial charge in [-0.1, -0.05) is 48.0 Å². The Labute approximate surface area is 186 Å². The zero-order valence-electron chi connectivity index (χ0n) is 19.2. The van der Waals surface area contributed by atoms with Gasteiger partial charge in [0, 0.05) is 18.2 Å². The number of hydrogen-bond donors (Lipinski definition) is 1. The molecule has 0 aromatic heterocycles. The number of nitrogens with one attached hydrogen (secondary N) is 1. The van der Waals surface area contributed by atoms with Crippen molar-refractivity contribution in [1.82, 2.24) is 0 Å². The molecule has 4 nitrogen and oxygen atoms in total. The Morgan fingerprint density at radius 2 is 1.74 bits per heavy atom. The van der Waals surface area contributed by atoms with Crippen molar-refractivity contribution < 1.29 is 14.3 Å². The molecule has 0 saturated carbocycles. The lowest BCUT2D eigenvalue weighted by molar-refractivity contribution is -0.148. The summed E-state index contributed by atoms with van der Waals surface area (Å²) >= 11 is 0. The third-order valence-electron chi connectivity index (χ3n) is 4.44. The molecular formula is C27H33NO3. The summed E-state index contributed by atoms with van der Waals surface area (Å²) in [6, 6.07) is 15.8. The summed E-state index contributed by atoms with van der Waals surface area (Å²) < 4.78 is 5.32. The van der Waals surface area contributed by atoms with Gasteiger partial charge < -0.3 is 10.1 Å². The average molecular weight is 420 g/mol. The first-order valence-electron chi connectivity index (χ1n) is 10.6. The van der Waals surface area contributed by atoms with E-state index in [1.165, 1.54) is 11.6 Å². The van der Waals surface area contributed by atoms with Crippen LogP contribution in [-0.4, -0.2) is 17.5 Å². The fraction of sp³-hybridized carbons (Fsp3) is 0.333. The van der Waals surface area contributed by atoms with E-state index in [4.69, 9.17) is 4.74 Å². The molecule has 0 aliphatic carbocycles. The van der Waals surface area contributed by atoms with Gasteiger partial charge >= 0.3 is 5.97 Å². The Balaban J connectivity index is 2.11. The van der Waals surface area contributed by atoms with Gasteiger partial charge in [0.15, 0.2) is 0 Å². The summed E-state index contributed by atoms with van der Waals surface area (Å²) in [7, 11) is 0. The summed E-state index contributed by atoms with van der Waals surface area (Å²) in [5, 5.41) is 3.04. The van der Waals surface area contributed by atoms with E-state index in [2.05, 4.69) is 11.4 Å². The van der Waals surface area contributed by atoms with Crippen LogP contribution in [-0.2, 0) is 27.2 Å². The van der Waals surface area contributed by atoms with E-state index < -0.39 is 5.60 Å². The standard InChI is InChI=1S/C27H33NO3/c1-20(2)11-15-23-19-22(14-18-26(30)31-27(3,4)5)12-16-24(23)28-25(29)17-13-21-9-7-6-8-10-21/h6-12,14,16,18-19H,13,15,17H2,1-5H3,(H,28,29)/b18-14+. The lowest BCUT2D eigenvalue weighted by Gasteiger charge is -2.18. The third-order valence-corrected chi connectivity index (χ3v) is 4.44. The SMILES string of the molecule is CC(C)=CCc1cc(/C=C/C(=O)OC(C)(C)C)ccc1NC(=O)CCc1ccccc1. The molecule has 0 atom stereocenters. The first kappa shape index (κ1) is 24.1. The smallest absolute Gasteiger partial charge is 0.331 e. The van der Waals surface area contributed by atoms with Gasteiger partial charge in [0.25, 0.3) is 0 Å². The highest BCUT2D eigenvalue weighted by Crippen LogP contribution is 2.21. The van der Waals surface area contributed by atoms with Crippen molar-refractivity contribution in [3.63, 3.8) is 0 Å². The molecule has 0 bridgehead atoms. The van der Waals surface area contributed by atoms with E-state index in [0.717, 1.165) is 22.4 Å². The summed E-state index contributed by atoms with van der Waals surface area (Å²) in [6.07, 6.45) is 7.12. The van der Waals surface area contributed by atoms with E-state index in [1.807, 2.05) is 83.1 Å². The van der Waals surface area contributed by atoms with Crippen molar-refractivity contribution in [1.29, 1.82) is 0 Å². The Morgan fingerprint density at radius 1 is 1.03 bits per heavy atom. The number of benzene rings is 2. The van der Waals surface area contributed by atoms with Crippen LogP contribution in [0.3, 0.4) is 0 Å². The van der Waals surface area contributed by atoms with Crippen molar-refractivity contribution >= 4 is 23.6 Å². The second-order valence-electron chi connectivity index (χ2n) is 8.80. The molecule has 1 N–H and O–H groups in total. The van der Waals surface area contributed by atoms with Gasteiger partial charge in [-0.15, -0.1) is 0 Å². The van der Waals surface area contributed by atoms with Gasteiger partial charge in [0.05, 0.1) is 0 Å². The largest absolute Gasteiger partial charge is 0.457 e. The number of esters is 1. The lowest BCUT2D eigenvalue weighted by atomic mass is 10.0. The summed E-state index contributed by atoms with van der Waals surface area (Å²) in [4.78, 5) is 24.5. The second-order valence-corrected chi connectivity index (χ2v) is 8.80. The van der Waals surface area contributed by atoms with Crippen LogP contribution in [0.25, 0.3) is 6.08 Å². The maximum atomic E-state index is 12.5. The predicted molar refractivity (Wildman–Crippen MR) is 128 cm³/mol. The van der Waals surface area contributed by atoms with Crippen LogP contribution in [0.15, 0.2) is 66.3 Å². The van der Waals surface area contributed by atoms with Crippen LogP contribution < -0.4 is 5.32 Å². The number of carbonyl (C=O) groups is 2. The number of allylic oxidation sites excluding steroid dienone is 2. The highest BCUT2D eigenvalue weighted by atomic mass is 16.6. The minimum absolute atomic E-state index is 0.0145. The number of anilines is 1. The molecule has 0 aliphatic heterocycles. The van der Waals surface area contributed by atoms with Crippen LogP contribution in [0.1, 0.15) is 57.7 Å². The van der Waals surface area contributed by atoms with Gasteiger partial charge in [-0.3, -0.25) is 4.79 Å². The summed E-state index contributed by atoms with van der Waals surface area (Å²) in [5.74, 6) is -0.393. The molecule has 0 spiro atoms. The molecule has 0 radical (unpaired) electrons. The fourth-order valence-electron chi connectivity index (χ4n) is 2.94. The molecule has 0 fully saturated rings. The molecule has 2 rings (SSSR count). The number of carbonyl (C=O) groups excluding carboxylic acids is 2. The molecule has 0 saturated heterocycles. The third kappa shape index (κ3) is 9.47. The number of hydrogen-bond acceptors (Lipinski definition) is 3. The van der Waals surface area contributed by atoms with Gasteiger partial charge in [0.1, 0.15) is 5.60 Å². The van der Waals surface area contributed by atoms with E-state index in [1.54, 1.807) is 6.08 Å². The topological polar surface area (TPSA) is 55.4 Å². The van der Waals surface area contributed by atoms with E-state index in [0.29, 0.717) is 19.3 Å². The Bertz CT molecular complexity index is 946. The van der Waals surface area contributed by atoms with Crippen LogP contribution in [0.5, 0.6) is 0 Å². The van der Waals surface area contributed by atoms with Gasteiger partial charge in [0.2, 0.25) is 5.91 Å². The normalized spacial score (nSPS) is 11.3. The van der Waals surface area contributed by atoms with Crippen LogP contribution in [0.4, 0.5) is 5.69 Å². The number of ether oxygens (including phenoxy) is 1. The maximum Gasteiger partial charge on any atom is 0.331 e. The lowest BCUT2D eigenvalue weighted by Crippen LogP contribution is -2.22. The second kappa shape index (κ2) is 11.3. The Hall–Kier alpha value is -3.14. The van der Waals surface area contributed by atoms with E-state index in [9.17, 15) is 9.59 Å². The Kier molecular flexibility index (Phi) is 8.80. The van der Waals surface area contributed by atoms with Crippen molar-refractivity contribution in [3.05, 3.63) is 82.9 Å². The monoisotopic (exact) mass is 419 g/mol. The molecule has 31 heavy (non-hydrogen) atoms. The highest BCUT2D eigenvalue weighted by Gasteiger charge is 2.14. The van der Waals surface area contributed by atoms with Gasteiger partial charge in [-0.25, -0.2) is 4.79 Å². The minimum Gasteiger partial charge on any atom is -0.457 e. The zero-order chi connectivity index (χ0) is 22.9. The molecule has 0 unspecified atom stereocenters. The zero-order valence-corrected chi connectivity index (χ0v) is 19.2. The average Bonchev–Trinajstić information content (AvgIpc) is 2.70. The quantitative estimate of drug-likeness (QED) is 0.318. The molecule has 2 aromatic carbocycles. The number of amides is 1. The Morgan fingerprint density at radius 3 is 2.39 bits per heavy atom. The number of rotatable bonds is 8. The summed E-state index contributed by atoms with van der Waals surface area (Å²) in [6.45, 7) is 9.61. The molecule has 4 heteroatoms. The van der Waals surface area contributed by atoms with Gasteiger partial charge in [-0.05, 0) is 82.4 Å². The predicted octanol–water partition coefficient (Wildman–Crippen LogP) is 6.12. The van der Waals surface area contributed by atoms with Gasteiger partial charge in [-0.2, -0.15) is 0 Å². The summed E-state index contributed by atoms with van der Waals surface area (Å²) in [5.41, 5.74) is 4.50. The van der Waals surface area contributed by atoms with Crippen LogP contribution in [0, 0.1) is 0 Å². The van der Waals surface area contributed by atoms with Crippen molar-refractivity contribution in [3.8, 4) is 0 Å². The molecule has 1 amide bonds. The first-order chi connectivity index (χ1) is 14.6. The minimum atomic E-state index is -0.524. The molecular weight excluding hydrogens is 386 g/mol. The van der Waals surface area contributed by atoms with Crippen molar-refractivity contribution in [2.45, 2.75) is 59.5 Å². The van der Waals surface area contributed by atoms with Crippen molar-refractivity contribution in [2.24, 2.45) is 0 Å². The van der Waals surface area contributed by atoms with E-state index in [-0.39, 0.29) is 11.9 Å². The molecule has 0 heterocycles. The van der Waals surface area contributed by atoms with Crippen LogP contribution in [0.2, 0.25) is 0 Å². The molecule has 2 aromatic rings. The molecule has 0 aliphatic rings. The molecule has 164 valence electrons. The number of aryl methyl sites for hydroxylation is 1. The highest BCUT2D eigenvalue weighted by molar-refractivity contribution is 5.92. The maximum absolute atomic E-state index is 12.5. The van der Waals surface area contributed by atoms with E-state index >= 15 is 0 Å². The fourth-order valence-corrected chi connectivity index (χ4v) is 2.94. The van der Waals surface area contributed by atoms with Crippen molar-refractivity contribution in [2.75, 3.05) is 5.32 Å². The first-order valence-corrected chi connectivity index (χ1v) is 10.6. The van der Waals surface area contributed by atoms with Crippen LogP contribution >= 0.6 is 0 Å².